The molecular weight excluding hydrogens is 322 g/mol. The summed E-state index contributed by atoms with van der Waals surface area (Å²) in [6, 6.07) is 5.49. The Morgan fingerprint density at radius 2 is 1.58 bits per heavy atom. The van der Waals surface area contributed by atoms with Crippen LogP contribution in [-0.2, 0) is 6.61 Å². The van der Waals surface area contributed by atoms with Crippen molar-refractivity contribution in [1.82, 2.24) is 5.32 Å². The number of halogens is 4. The van der Waals surface area contributed by atoms with Crippen LogP contribution in [-0.4, -0.2) is 13.1 Å². The molecule has 0 aliphatic carbocycles. The lowest BCUT2D eigenvalue weighted by Gasteiger charge is -2.25. The molecular formula is C18H17F4NO. The summed E-state index contributed by atoms with van der Waals surface area (Å²) in [4.78, 5) is 0. The first-order chi connectivity index (χ1) is 11.5. The molecule has 2 aromatic rings. The van der Waals surface area contributed by atoms with E-state index in [2.05, 4.69) is 5.32 Å². The normalized spacial score (nSPS) is 15.5. The van der Waals surface area contributed by atoms with Crippen LogP contribution in [0.25, 0.3) is 0 Å². The maximum atomic E-state index is 13.7. The fourth-order valence-corrected chi connectivity index (χ4v) is 3.05. The summed E-state index contributed by atoms with van der Waals surface area (Å²) < 4.78 is 59.0. The molecule has 0 bridgehead atoms. The van der Waals surface area contributed by atoms with Crippen LogP contribution < -0.4 is 10.1 Å². The van der Waals surface area contributed by atoms with Crippen LogP contribution in [0.3, 0.4) is 0 Å². The van der Waals surface area contributed by atoms with Crippen molar-refractivity contribution < 1.29 is 22.3 Å². The van der Waals surface area contributed by atoms with Gasteiger partial charge in [0.25, 0.3) is 0 Å². The summed E-state index contributed by atoms with van der Waals surface area (Å²) >= 11 is 0. The van der Waals surface area contributed by atoms with Crippen molar-refractivity contribution in [3.63, 3.8) is 0 Å². The third-order valence-electron chi connectivity index (χ3n) is 4.22. The minimum Gasteiger partial charge on any atom is -0.483 e. The first-order valence-electron chi connectivity index (χ1n) is 7.81. The van der Waals surface area contributed by atoms with Gasteiger partial charge in [-0.2, -0.15) is 0 Å². The number of hydrogen-bond acceptors (Lipinski definition) is 2. The molecule has 0 radical (unpaired) electrons. The summed E-state index contributed by atoms with van der Waals surface area (Å²) in [5.74, 6) is -4.10. The summed E-state index contributed by atoms with van der Waals surface area (Å²) in [6.07, 6.45) is 1.80. The summed E-state index contributed by atoms with van der Waals surface area (Å²) in [6.45, 7) is 1.55. The second-order valence-corrected chi connectivity index (χ2v) is 5.85. The van der Waals surface area contributed by atoms with Gasteiger partial charge in [0.15, 0.2) is 17.4 Å². The van der Waals surface area contributed by atoms with Crippen LogP contribution in [0.2, 0.25) is 0 Å². The number of nitrogens with one attached hydrogen (secondary N) is 1. The molecule has 1 N–H and O–H groups in total. The maximum Gasteiger partial charge on any atom is 0.191 e. The molecule has 0 amide bonds. The lowest BCUT2D eigenvalue weighted by molar-refractivity contribution is 0.270. The molecule has 2 aromatic carbocycles. The fourth-order valence-electron chi connectivity index (χ4n) is 3.05. The molecule has 6 heteroatoms. The highest BCUT2D eigenvalue weighted by molar-refractivity contribution is 5.33. The largest absolute Gasteiger partial charge is 0.483 e. The van der Waals surface area contributed by atoms with Gasteiger partial charge in [0, 0.05) is 12.1 Å². The van der Waals surface area contributed by atoms with Gasteiger partial charge in [-0.05, 0) is 55.1 Å². The molecule has 1 aliphatic heterocycles. The molecule has 0 atom stereocenters. The Morgan fingerprint density at radius 1 is 0.917 bits per heavy atom. The third kappa shape index (κ3) is 3.70. The van der Waals surface area contributed by atoms with Gasteiger partial charge in [-0.1, -0.05) is 6.07 Å². The van der Waals surface area contributed by atoms with Crippen molar-refractivity contribution in [1.29, 1.82) is 0 Å². The first kappa shape index (κ1) is 16.8. The van der Waals surface area contributed by atoms with Gasteiger partial charge in [-0.15, -0.1) is 0 Å². The minimum atomic E-state index is -1.12. The van der Waals surface area contributed by atoms with E-state index in [1.54, 1.807) is 6.07 Å². The van der Waals surface area contributed by atoms with Gasteiger partial charge >= 0.3 is 0 Å². The van der Waals surface area contributed by atoms with Gasteiger partial charge < -0.3 is 10.1 Å². The Morgan fingerprint density at radius 3 is 2.25 bits per heavy atom. The number of hydrogen-bond donors (Lipinski definition) is 1. The standard InChI is InChI=1S/C18H17F4NO/c19-13-1-2-15(11-3-5-23-6-4-11)12(7-13)10-24-18-16(21)8-14(20)9-17(18)22/h1-2,7-9,11,23H,3-6,10H2. The molecule has 128 valence electrons. The highest BCUT2D eigenvalue weighted by atomic mass is 19.1. The smallest absolute Gasteiger partial charge is 0.191 e. The van der Waals surface area contributed by atoms with Gasteiger partial charge in [0.05, 0.1) is 0 Å². The Labute approximate surface area is 137 Å². The van der Waals surface area contributed by atoms with Crippen LogP contribution in [0.1, 0.15) is 29.9 Å². The number of piperidine rings is 1. The molecule has 1 aliphatic rings. The van der Waals surface area contributed by atoms with E-state index in [1.807, 2.05) is 0 Å². The number of rotatable bonds is 4. The van der Waals surface area contributed by atoms with Crippen molar-refractivity contribution in [2.45, 2.75) is 25.4 Å². The zero-order valence-electron chi connectivity index (χ0n) is 12.9. The van der Waals surface area contributed by atoms with Crippen LogP contribution in [0.15, 0.2) is 30.3 Å². The van der Waals surface area contributed by atoms with E-state index in [4.69, 9.17) is 4.74 Å². The number of benzene rings is 2. The van der Waals surface area contributed by atoms with E-state index >= 15 is 0 Å². The van der Waals surface area contributed by atoms with Crippen molar-refractivity contribution in [2.75, 3.05) is 13.1 Å². The summed E-state index contributed by atoms with van der Waals surface area (Å²) in [5, 5.41) is 3.25. The lowest BCUT2D eigenvalue weighted by atomic mass is 9.87. The van der Waals surface area contributed by atoms with E-state index in [0.29, 0.717) is 17.7 Å². The lowest BCUT2D eigenvalue weighted by Crippen LogP contribution is -2.27. The van der Waals surface area contributed by atoms with Crippen molar-refractivity contribution in [2.24, 2.45) is 0 Å². The minimum absolute atomic E-state index is 0.184. The SMILES string of the molecule is Fc1cc(F)c(OCc2cc(F)ccc2C2CCNCC2)c(F)c1. The Balaban J connectivity index is 1.83. The molecule has 1 saturated heterocycles. The molecule has 0 saturated carbocycles. The monoisotopic (exact) mass is 339 g/mol. The quantitative estimate of drug-likeness (QED) is 0.839. The molecule has 2 nitrogen and oxygen atoms in total. The second kappa shape index (κ2) is 7.21. The molecule has 0 unspecified atom stereocenters. The first-order valence-corrected chi connectivity index (χ1v) is 7.81. The van der Waals surface area contributed by atoms with Gasteiger partial charge in [-0.3, -0.25) is 0 Å². The van der Waals surface area contributed by atoms with E-state index in [-0.39, 0.29) is 12.5 Å². The molecule has 3 rings (SSSR count). The van der Waals surface area contributed by atoms with Crippen LogP contribution in [0.5, 0.6) is 5.75 Å². The van der Waals surface area contributed by atoms with Crippen molar-refractivity contribution >= 4 is 0 Å². The van der Waals surface area contributed by atoms with E-state index in [0.717, 1.165) is 31.5 Å². The van der Waals surface area contributed by atoms with Crippen LogP contribution >= 0.6 is 0 Å². The second-order valence-electron chi connectivity index (χ2n) is 5.85. The van der Waals surface area contributed by atoms with Gasteiger partial charge in [0.1, 0.15) is 18.2 Å². The highest BCUT2D eigenvalue weighted by Crippen LogP contribution is 2.30. The van der Waals surface area contributed by atoms with E-state index < -0.39 is 29.0 Å². The maximum absolute atomic E-state index is 13.7. The Hall–Kier alpha value is -2.08. The predicted molar refractivity (Wildman–Crippen MR) is 81.9 cm³/mol. The topological polar surface area (TPSA) is 21.3 Å². The Kier molecular flexibility index (Phi) is 5.04. The molecule has 0 aromatic heterocycles. The zero-order valence-corrected chi connectivity index (χ0v) is 12.9. The Bertz CT molecular complexity index is 706. The van der Waals surface area contributed by atoms with E-state index in [1.165, 1.54) is 12.1 Å². The highest BCUT2D eigenvalue weighted by Gasteiger charge is 2.20. The molecule has 24 heavy (non-hydrogen) atoms. The van der Waals surface area contributed by atoms with Gasteiger partial charge in [0.2, 0.25) is 0 Å². The fraction of sp³-hybridized carbons (Fsp3) is 0.333. The van der Waals surface area contributed by atoms with Gasteiger partial charge in [-0.25, -0.2) is 17.6 Å². The van der Waals surface area contributed by atoms with E-state index in [9.17, 15) is 17.6 Å². The van der Waals surface area contributed by atoms with Crippen LogP contribution in [0, 0.1) is 23.3 Å². The molecule has 1 fully saturated rings. The van der Waals surface area contributed by atoms with Crippen molar-refractivity contribution in [3.8, 4) is 5.75 Å². The third-order valence-corrected chi connectivity index (χ3v) is 4.22. The molecule has 0 spiro atoms. The predicted octanol–water partition coefficient (Wildman–Crippen LogP) is 4.29. The summed E-state index contributed by atoms with van der Waals surface area (Å²) in [5.41, 5.74) is 1.46. The average molecular weight is 339 g/mol. The number of ether oxygens (including phenoxy) is 1. The van der Waals surface area contributed by atoms with Crippen LogP contribution in [0.4, 0.5) is 17.6 Å². The summed E-state index contributed by atoms with van der Waals surface area (Å²) in [7, 11) is 0. The molecule has 1 heterocycles. The zero-order chi connectivity index (χ0) is 17.1. The average Bonchev–Trinajstić information content (AvgIpc) is 2.55. The van der Waals surface area contributed by atoms with Crippen molar-refractivity contribution in [3.05, 3.63) is 64.7 Å².